The summed E-state index contributed by atoms with van der Waals surface area (Å²) in [6.45, 7) is 6.46. The molecule has 4 heteroatoms. The third kappa shape index (κ3) is 3.18. The number of rotatable bonds is 3. The van der Waals surface area contributed by atoms with E-state index in [9.17, 15) is 9.59 Å². The van der Waals surface area contributed by atoms with Gasteiger partial charge in [0.15, 0.2) is 0 Å². The van der Waals surface area contributed by atoms with Gasteiger partial charge >= 0.3 is 0 Å². The SMILES string of the molecule is Cc1cccc(NC(=O)C2CC(=O)N(c3cccc(C)c3C)C2)c1. The standard InChI is InChI=1S/C20H22N2O2/c1-13-6-4-8-17(10-13)21-20(24)16-11-19(23)22(12-16)18-9-5-7-14(2)15(18)3/h4-10,16H,11-12H2,1-3H3,(H,21,24). The number of aryl methyl sites for hydroxylation is 2. The molecule has 2 aromatic rings. The summed E-state index contributed by atoms with van der Waals surface area (Å²) in [7, 11) is 0. The van der Waals surface area contributed by atoms with E-state index in [4.69, 9.17) is 0 Å². The second-order valence-corrected chi connectivity index (χ2v) is 6.48. The van der Waals surface area contributed by atoms with Gasteiger partial charge in [-0.1, -0.05) is 24.3 Å². The number of carbonyl (C=O) groups excluding carboxylic acids is 2. The van der Waals surface area contributed by atoms with Gasteiger partial charge in [0.2, 0.25) is 11.8 Å². The molecule has 24 heavy (non-hydrogen) atoms. The van der Waals surface area contributed by atoms with Crippen molar-refractivity contribution in [3.63, 3.8) is 0 Å². The van der Waals surface area contributed by atoms with Crippen LogP contribution in [0.15, 0.2) is 42.5 Å². The van der Waals surface area contributed by atoms with Gasteiger partial charge in [-0.05, 0) is 55.7 Å². The van der Waals surface area contributed by atoms with Crippen molar-refractivity contribution in [2.75, 3.05) is 16.8 Å². The lowest BCUT2D eigenvalue weighted by molar-refractivity contribution is -0.122. The van der Waals surface area contributed by atoms with Crippen LogP contribution in [0.2, 0.25) is 0 Å². The van der Waals surface area contributed by atoms with Gasteiger partial charge in [-0.25, -0.2) is 0 Å². The fourth-order valence-electron chi connectivity index (χ4n) is 3.11. The summed E-state index contributed by atoms with van der Waals surface area (Å²) in [6, 6.07) is 13.6. The summed E-state index contributed by atoms with van der Waals surface area (Å²) in [5.74, 6) is -0.409. The number of benzene rings is 2. The molecule has 2 aromatic carbocycles. The molecule has 3 rings (SSSR count). The number of hydrogen-bond acceptors (Lipinski definition) is 2. The molecule has 124 valence electrons. The van der Waals surface area contributed by atoms with Crippen LogP contribution in [-0.2, 0) is 9.59 Å². The fourth-order valence-corrected chi connectivity index (χ4v) is 3.11. The van der Waals surface area contributed by atoms with Gasteiger partial charge in [0.25, 0.3) is 0 Å². The number of carbonyl (C=O) groups is 2. The summed E-state index contributed by atoms with van der Waals surface area (Å²) in [6.07, 6.45) is 0.255. The molecule has 1 fully saturated rings. The number of anilines is 2. The van der Waals surface area contributed by atoms with E-state index in [2.05, 4.69) is 5.32 Å². The summed E-state index contributed by atoms with van der Waals surface area (Å²) >= 11 is 0. The van der Waals surface area contributed by atoms with E-state index < -0.39 is 0 Å². The first-order chi connectivity index (χ1) is 11.5. The first-order valence-corrected chi connectivity index (χ1v) is 8.20. The molecule has 0 saturated carbocycles. The Hall–Kier alpha value is -2.62. The van der Waals surface area contributed by atoms with E-state index >= 15 is 0 Å². The predicted octanol–water partition coefficient (Wildman–Crippen LogP) is 3.60. The zero-order valence-electron chi connectivity index (χ0n) is 14.3. The minimum Gasteiger partial charge on any atom is -0.326 e. The van der Waals surface area contributed by atoms with Gasteiger partial charge in [0.1, 0.15) is 0 Å². The maximum absolute atomic E-state index is 12.5. The molecule has 1 atom stereocenters. The Bertz CT molecular complexity index is 798. The maximum Gasteiger partial charge on any atom is 0.229 e. The van der Waals surface area contributed by atoms with Crippen LogP contribution in [0.1, 0.15) is 23.1 Å². The van der Waals surface area contributed by atoms with Gasteiger partial charge in [-0.2, -0.15) is 0 Å². The highest BCUT2D eigenvalue weighted by Gasteiger charge is 2.35. The lowest BCUT2D eigenvalue weighted by Crippen LogP contribution is -2.28. The Balaban J connectivity index is 1.74. The number of nitrogens with one attached hydrogen (secondary N) is 1. The highest BCUT2D eigenvalue weighted by Crippen LogP contribution is 2.30. The van der Waals surface area contributed by atoms with Crippen molar-refractivity contribution >= 4 is 23.2 Å². The summed E-state index contributed by atoms with van der Waals surface area (Å²) < 4.78 is 0. The van der Waals surface area contributed by atoms with E-state index in [0.717, 1.165) is 28.1 Å². The first-order valence-electron chi connectivity index (χ1n) is 8.20. The minimum absolute atomic E-state index is 0.00749. The molecule has 1 unspecified atom stereocenters. The molecule has 0 bridgehead atoms. The summed E-state index contributed by atoms with van der Waals surface area (Å²) in [5.41, 5.74) is 5.01. The predicted molar refractivity (Wildman–Crippen MR) is 96.2 cm³/mol. The second-order valence-electron chi connectivity index (χ2n) is 6.48. The van der Waals surface area contributed by atoms with Crippen molar-refractivity contribution in [1.82, 2.24) is 0 Å². The van der Waals surface area contributed by atoms with Crippen molar-refractivity contribution in [1.29, 1.82) is 0 Å². The van der Waals surface area contributed by atoms with Crippen molar-refractivity contribution < 1.29 is 9.59 Å². The smallest absolute Gasteiger partial charge is 0.229 e. The monoisotopic (exact) mass is 322 g/mol. The molecule has 1 aliphatic rings. The van der Waals surface area contributed by atoms with Gasteiger partial charge < -0.3 is 10.2 Å². The first kappa shape index (κ1) is 16.2. The van der Waals surface area contributed by atoms with Gasteiger partial charge in [-0.3, -0.25) is 9.59 Å². The van der Waals surface area contributed by atoms with E-state index in [-0.39, 0.29) is 24.2 Å². The average molecular weight is 322 g/mol. The van der Waals surface area contributed by atoms with Crippen LogP contribution in [0.25, 0.3) is 0 Å². The van der Waals surface area contributed by atoms with Gasteiger partial charge in [-0.15, -0.1) is 0 Å². The second kappa shape index (κ2) is 6.48. The summed E-state index contributed by atoms with van der Waals surface area (Å²) in [4.78, 5) is 26.7. The van der Waals surface area contributed by atoms with Crippen LogP contribution >= 0.6 is 0 Å². The molecule has 0 aromatic heterocycles. The van der Waals surface area contributed by atoms with Crippen molar-refractivity contribution in [2.45, 2.75) is 27.2 Å². The Labute approximate surface area is 142 Å². The normalized spacial score (nSPS) is 17.2. The van der Waals surface area contributed by atoms with Crippen LogP contribution in [-0.4, -0.2) is 18.4 Å². The zero-order valence-corrected chi connectivity index (χ0v) is 14.3. The molecule has 1 aliphatic heterocycles. The van der Waals surface area contributed by atoms with Crippen LogP contribution in [0, 0.1) is 26.7 Å². The molecule has 1 heterocycles. The van der Waals surface area contributed by atoms with Gasteiger partial charge in [0, 0.05) is 24.3 Å². The molecule has 4 nitrogen and oxygen atoms in total. The third-order valence-electron chi connectivity index (χ3n) is 4.65. The third-order valence-corrected chi connectivity index (χ3v) is 4.65. The van der Waals surface area contributed by atoms with E-state index in [1.54, 1.807) is 4.90 Å². The van der Waals surface area contributed by atoms with Crippen LogP contribution in [0.4, 0.5) is 11.4 Å². The highest BCUT2D eigenvalue weighted by atomic mass is 16.2. The largest absolute Gasteiger partial charge is 0.326 e. The Morgan fingerprint density at radius 1 is 1.12 bits per heavy atom. The zero-order chi connectivity index (χ0) is 17.3. The highest BCUT2D eigenvalue weighted by molar-refractivity contribution is 6.03. The average Bonchev–Trinajstić information content (AvgIpc) is 2.92. The summed E-state index contributed by atoms with van der Waals surface area (Å²) in [5, 5.41) is 2.93. The number of nitrogens with zero attached hydrogens (tertiary/aromatic N) is 1. The lowest BCUT2D eigenvalue weighted by Gasteiger charge is -2.20. The maximum atomic E-state index is 12.5. The molecule has 1 saturated heterocycles. The quantitative estimate of drug-likeness (QED) is 0.938. The molecular formula is C20H22N2O2. The van der Waals surface area contributed by atoms with Crippen molar-refractivity contribution in [3.8, 4) is 0 Å². The molecule has 1 N–H and O–H groups in total. The van der Waals surface area contributed by atoms with Crippen LogP contribution in [0.3, 0.4) is 0 Å². The Morgan fingerprint density at radius 3 is 2.62 bits per heavy atom. The fraction of sp³-hybridized carbons (Fsp3) is 0.300. The lowest BCUT2D eigenvalue weighted by atomic mass is 10.1. The minimum atomic E-state index is -0.321. The molecule has 0 aliphatic carbocycles. The van der Waals surface area contributed by atoms with Gasteiger partial charge in [0.05, 0.1) is 5.92 Å². The Morgan fingerprint density at radius 2 is 1.88 bits per heavy atom. The number of amides is 2. The topological polar surface area (TPSA) is 49.4 Å². The molecular weight excluding hydrogens is 300 g/mol. The molecule has 2 amide bonds. The molecule has 0 radical (unpaired) electrons. The van der Waals surface area contributed by atoms with Crippen LogP contribution < -0.4 is 10.2 Å². The molecule has 0 spiro atoms. The number of hydrogen-bond donors (Lipinski definition) is 1. The van der Waals surface area contributed by atoms with E-state index in [1.165, 1.54) is 0 Å². The van der Waals surface area contributed by atoms with E-state index in [1.807, 2.05) is 63.2 Å². The van der Waals surface area contributed by atoms with Crippen molar-refractivity contribution in [2.24, 2.45) is 5.92 Å². The van der Waals surface area contributed by atoms with Crippen molar-refractivity contribution in [3.05, 3.63) is 59.2 Å². The Kier molecular flexibility index (Phi) is 4.38. The van der Waals surface area contributed by atoms with E-state index in [0.29, 0.717) is 6.54 Å². The van der Waals surface area contributed by atoms with Crippen LogP contribution in [0.5, 0.6) is 0 Å².